The van der Waals surface area contributed by atoms with Crippen LogP contribution in [0.5, 0.6) is 0 Å². The molecule has 1 saturated heterocycles. The van der Waals surface area contributed by atoms with Crippen molar-refractivity contribution in [3.05, 3.63) is 35.9 Å². The molecule has 1 atom stereocenters. The molecule has 1 aromatic carbocycles. The summed E-state index contributed by atoms with van der Waals surface area (Å²) in [6.45, 7) is 8.57. The van der Waals surface area contributed by atoms with Crippen molar-refractivity contribution in [2.75, 3.05) is 13.1 Å². The minimum atomic E-state index is -0.415. The second-order valence-electron chi connectivity index (χ2n) is 6.64. The molecule has 1 aliphatic rings. The molecule has 2 rings (SSSR count). The Balaban J connectivity index is 1.87. The number of nitrogens with zero attached hydrogens (tertiary/aromatic N) is 1. The van der Waals surface area contributed by atoms with E-state index >= 15 is 0 Å². The van der Waals surface area contributed by atoms with Crippen LogP contribution in [0.1, 0.15) is 39.2 Å². The highest BCUT2D eigenvalue weighted by atomic mass is 16.5. The van der Waals surface area contributed by atoms with Crippen molar-refractivity contribution in [3.63, 3.8) is 0 Å². The molecule has 20 heavy (non-hydrogen) atoms. The highest BCUT2D eigenvalue weighted by Crippen LogP contribution is 2.21. The van der Waals surface area contributed by atoms with Crippen molar-refractivity contribution in [2.24, 2.45) is 5.41 Å². The van der Waals surface area contributed by atoms with E-state index in [0.29, 0.717) is 0 Å². The van der Waals surface area contributed by atoms with E-state index in [2.05, 4.69) is 29.2 Å². The van der Waals surface area contributed by atoms with Crippen LogP contribution in [-0.2, 0) is 16.1 Å². The van der Waals surface area contributed by atoms with Crippen LogP contribution in [0, 0.1) is 5.41 Å². The van der Waals surface area contributed by atoms with Crippen molar-refractivity contribution < 1.29 is 9.53 Å². The minimum absolute atomic E-state index is 0.0409. The SMILES string of the molecule is CC(C)(C)C(=O)O[C@H]1CCCN(Cc2ccccc2)C1. The first kappa shape index (κ1) is 15.0. The average Bonchev–Trinajstić information content (AvgIpc) is 2.39. The zero-order valence-corrected chi connectivity index (χ0v) is 12.8. The monoisotopic (exact) mass is 275 g/mol. The molecule has 0 aliphatic carbocycles. The first-order chi connectivity index (χ1) is 9.45. The van der Waals surface area contributed by atoms with E-state index in [1.165, 1.54) is 5.56 Å². The molecule has 1 aromatic rings. The highest BCUT2D eigenvalue weighted by Gasteiger charge is 2.29. The standard InChI is InChI=1S/C17H25NO2/c1-17(2,3)16(19)20-15-10-7-11-18(13-15)12-14-8-5-4-6-9-14/h4-6,8-9,15H,7,10-13H2,1-3H3/t15-/m0/s1. The molecule has 1 heterocycles. The number of hydrogen-bond acceptors (Lipinski definition) is 3. The Bertz CT molecular complexity index is 436. The predicted molar refractivity (Wildman–Crippen MR) is 80.3 cm³/mol. The van der Waals surface area contributed by atoms with Crippen LogP contribution < -0.4 is 0 Å². The second-order valence-corrected chi connectivity index (χ2v) is 6.64. The molecule has 0 saturated carbocycles. The third-order valence-corrected chi connectivity index (χ3v) is 3.60. The molecule has 0 aromatic heterocycles. The number of carbonyl (C=O) groups excluding carboxylic acids is 1. The Morgan fingerprint density at radius 1 is 1.30 bits per heavy atom. The maximum atomic E-state index is 12.0. The van der Waals surface area contributed by atoms with E-state index in [4.69, 9.17) is 4.74 Å². The van der Waals surface area contributed by atoms with Crippen LogP contribution in [0.4, 0.5) is 0 Å². The molecule has 0 unspecified atom stereocenters. The quantitative estimate of drug-likeness (QED) is 0.793. The Morgan fingerprint density at radius 2 is 2.00 bits per heavy atom. The highest BCUT2D eigenvalue weighted by molar-refractivity contribution is 5.75. The molecule has 0 spiro atoms. The van der Waals surface area contributed by atoms with Crippen LogP contribution in [-0.4, -0.2) is 30.1 Å². The minimum Gasteiger partial charge on any atom is -0.461 e. The summed E-state index contributed by atoms with van der Waals surface area (Å²) in [4.78, 5) is 14.3. The van der Waals surface area contributed by atoms with Crippen LogP contribution in [0.15, 0.2) is 30.3 Å². The van der Waals surface area contributed by atoms with Crippen LogP contribution >= 0.6 is 0 Å². The first-order valence-electron chi connectivity index (χ1n) is 7.42. The number of ether oxygens (including phenoxy) is 1. The van der Waals surface area contributed by atoms with Gasteiger partial charge < -0.3 is 4.74 Å². The summed E-state index contributed by atoms with van der Waals surface area (Å²) < 4.78 is 5.64. The third kappa shape index (κ3) is 4.34. The van der Waals surface area contributed by atoms with Gasteiger partial charge in [0.25, 0.3) is 0 Å². The maximum Gasteiger partial charge on any atom is 0.311 e. The van der Waals surface area contributed by atoms with Gasteiger partial charge in [-0.3, -0.25) is 9.69 Å². The normalized spacial score (nSPS) is 20.6. The van der Waals surface area contributed by atoms with Crippen molar-refractivity contribution >= 4 is 5.97 Å². The smallest absolute Gasteiger partial charge is 0.311 e. The van der Waals surface area contributed by atoms with Crippen molar-refractivity contribution in [1.82, 2.24) is 4.90 Å². The Hall–Kier alpha value is -1.35. The average molecular weight is 275 g/mol. The van der Waals surface area contributed by atoms with Crippen molar-refractivity contribution in [2.45, 2.75) is 46.3 Å². The van der Waals surface area contributed by atoms with Gasteiger partial charge in [0.05, 0.1) is 5.41 Å². The summed E-state index contributed by atoms with van der Waals surface area (Å²) in [6.07, 6.45) is 2.11. The van der Waals surface area contributed by atoms with E-state index in [9.17, 15) is 4.79 Å². The summed E-state index contributed by atoms with van der Waals surface area (Å²) >= 11 is 0. The van der Waals surface area contributed by atoms with Gasteiger partial charge in [-0.2, -0.15) is 0 Å². The number of esters is 1. The third-order valence-electron chi connectivity index (χ3n) is 3.60. The molecule has 1 fully saturated rings. The zero-order chi connectivity index (χ0) is 14.6. The maximum absolute atomic E-state index is 12.0. The summed E-state index contributed by atoms with van der Waals surface area (Å²) in [7, 11) is 0. The number of benzene rings is 1. The Morgan fingerprint density at radius 3 is 2.65 bits per heavy atom. The molecular weight excluding hydrogens is 250 g/mol. The van der Waals surface area contributed by atoms with Crippen LogP contribution in [0.2, 0.25) is 0 Å². The number of hydrogen-bond donors (Lipinski definition) is 0. The number of carbonyl (C=O) groups is 1. The van der Waals surface area contributed by atoms with E-state index in [0.717, 1.165) is 32.5 Å². The fraction of sp³-hybridized carbons (Fsp3) is 0.588. The molecule has 0 bridgehead atoms. The zero-order valence-electron chi connectivity index (χ0n) is 12.8. The van der Waals surface area contributed by atoms with Gasteiger partial charge in [-0.05, 0) is 45.7 Å². The lowest BCUT2D eigenvalue weighted by atomic mass is 9.97. The Kier molecular flexibility index (Phi) is 4.81. The van der Waals surface area contributed by atoms with E-state index in [1.807, 2.05) is 26.8 Å². The summed E-state index contributed by atoms with van der Waals surface area (Å²) in [6, 6.07) is 10.5. The van der Waals surface area contributed by atoms with Gasteiger partial charge in [0.15, 0.2) is 0 Å². The van der Waals surface area contributed by atoms with E-state index < -0.39 is 5.41 Å². The lowest BCUT2D eigenvalue weighted by molar-refractivity contribution is -0.161. The van der Waals surface area contributed by atoms with Gasteiger partial charge >= 0.3 is 5.97 Å². The van der Waals surface area contributed by atoms with Gasteiger partial charge in [0.1, 0.15) is 6.10 Å². The largest absolute Gasteiger partial charge is 0.461 e. The van der Waals surface area contributed by atoms with Gasteiger partial charge in [0.2, 0.25) is 0 Å². The molecule has 110 valence electrons. The van der Waals surface area contributed by atoms with Crippen LogP contribution in [0.25, 0.3) is 0 Å². The van der Waals surface area contributed by atoms with E-state index in [1.54, 1.807) is 0 Å². The van der Waals surface area contributed by atoms with Gasteiger partial charge in [-0.15, -0.1) is 0 Å². The fourth-order valence-corrected chi connectivity index (χ4v) is 2.42. The molecule has 0 amide bonds. The number of rotatable bonds is 3. The molecule has 3 heteroatoms. The van der Waals surface area contributed by atoms with Gasteiger partial charge in [-0.1, -0.05) is 30.3 Å². The summed E-state index contributed by atoms with van der Waals surface area (Å²) in [5.74, 6) is -0.0935. The lowest BCUT2D eigenvalue weighted by Gasteiger charge is -2.33. The summed E-state index contributed by atoms with van der Waals surface area (Å²) in [5.41, 5.74) is 0.900. The topological polar surface area (TPSA) is 29.5 Å². The Labute approximate surface area is 121 Å². The second kappa shape index (κ2) is 6.40. The molecular formula is C17H25NO2. The molecule has 3 nitrogen and oxygen atoms in total. The summed E-state index contributed by atoms with van der Waals surface area (Å²) in [5, 5.41) is 0. The predicted octanol–water partition coefficient (Wildman–Crippen LogP) is 3.24. The number of piperidine rings is 1. The first-order valence-corrected chi connectivity index (χ1v) is 7.42. The van der Waals surface area contributed by atoms with Gasteiger partial charge in [-0.25, -0.2) is 0 Å². The van der Waals surface area contributed by atoms with E-state index in [-0.39, 0.29) is 12.1 Å². The van der Waals surface area contributed by atoms with Crippen LogP contribution in [0.3, 0.4) is 0 Å². The lowest BCUT2D eigenvalue weighted by Crippen LogP contribution is -2.41. The van der Waals surface area contributed by atoms with Gasteiger partial charge in [0, 0.05) is 13.1 Å². The van der Waals surface area contributed by atoms with Crippen molar-refractivity contribution in [3.8, 4) is 0 Å². The fourth-order valence-electron chi connectivity index (χ4n) is 2.42. The molecule has 0 radical (unpaired) electrons. The van der Waals surface area contributed by atoms with Crippen molar-refractivity contribution in [1.29, 1.82) is 0 Å². The number of likely N-dealkylation sites (tertiary alicyclic amines) is 1. The molecule has 0 N–H and O–H groups in total. The molecule has 1 aliphatic heterocycles.